The second kappa shape index (κ2) is 6.16. The van der Waals surface area contributed by atoms with Gasteiger partial charge in [0.15, 0.2) is 5.65 Å². The van der Waals surface area contributed by atoms with Crippen molar-refractivity contribution in [1.29, 1.82) is 0 Å². The van der Waals surface area contributed by atoms with Crippen LogP contribution in [-0.2, 0) is 18.3 Å². The highest BCUT2D eigenvalue weighted by molar-refractivity contribution is 5.93. The molecule has 0 aliphatic rings. The molecular formula is C17H17FN4O. The van der Waals surface area contributed by atoms with E-state index in [2.05, 4.69) is 15.4 Å². The Hall–Kier alpha value is -2.76. The second-order valence-corrected chi connectivity index (χ2v) is 5.48. The van der Waals surface area contributed by atoms with Gasteiger partial charge in [0, 0.05) is 18.9 Å². The number of nitrogens with one attached hydrogen (secondary N) is 1. The minimum Gasteiger partial charge on any atom is -0.325 e. The van der Waals surface area contributed by atoms with Crippen molar-refractivity contribution in [1.82, 2.24) is 14.8 Å². The number of rotatable bonds is 4. The van der Waals surface area contributed by atoms with Crippen molar-refractivity contribution in [3.8, 4) is 0 Å². The molecule has 0 bridgehead atoms. The van der Waals surface area contributed by atoms with Gasteiger partial charge in [-0.2, -0.15) is 5.10 Å². The first-order chi connectivity index (χ1) is 11.0. The highest BCUT2D eigenvalue weighted by Gasteiger charge is 2.09. The number of hydrogen-bond acceptors (Lipinski definition) is 3. The number of benzene rings is 1. The molecule has 2 heterocycles. The van der Waals surface area contributed by atoms with Gasteiger partial charge >= 0.3 is 0 Å². The van der Waals surface area contributed by atoms with Crippen molar-refractivity contribution in [3.05, 3.63) is 53.6 Å². The summed E-state index contributed by atoms with van der Waals surface area (Å²) < 4.78 is 14.8. The summed E-state index contributed by atoms with van der Waals surface area (Å²) in [5.74, 6) is -0.415. The maximum Gasteiger partial charge on any atom is 0.224 e. The van der Waals surface area contributed by atoms with Crippen LogP contribution in [0.25, 0.3) is 11.0 Å². The van der Waals surface area contributed by atoms with E-state index in [0.29, 0.717) is 12.1 Å². The predicted octanol–water partition coefficient (Wildman–Crippen LogP) is 2.99. The maximum atomic E-state index is 13.1. The quantitative estimate of drug-likeness (QED) is 0.805. The largest absolute Gasteiger partial charge is 0.325 e. The SMILES string of the molecule is Cc1nn(C)c2ncc(NC(=O)CCc3cccc(F)c3)cc12. The van der Waals surface area contributed by atoms with Crippen LogP contribution < -0.4 is 5.32 Å². The summed E-state index contributed by atoms with van der Waals surface area (Å²) in [6.07, 6.45) is 2.39. The molecular weight excluding hydrogens is 295 g/mol. The van der Waals surface area contributed by atoms with Gasteiger partial charge in [-0.05, 0) is 37.1 Å². The summed E-state index contributed by atoms with van der Waals surface area (Å²) in [5, 5.41) is 8.04. The van der Waals surface area contributed by atoms with Crippen LogP contribution in [0, 0.1) is 12.7 Å². The van der Waals surface area contributed by atoms with Gasteiger partial charge < -0.3 is 5.32 Å². The van der Waals surface area contributed by atoms with Crippen LogP contribution >= 0.6 is 0 Å². The molecule has 0 radical (unpaired) electrons. The summed E-state index contributed by atoms with van der Waals surface area (Å²) in [6.45, 7) is 1.90. The number of nitrogens with zero attached hydrogens (tertiary/aromatic N) is 3. The summed E-state index contributed by atoms with van der Waals surface area (Å²) in [4.78, 5) is 16.4. The van der Waals surface area contributed by atoms with E-state index in [1.807, 2.05) is 26.1 Å². The number of carbonyl (C=O) groups excluding carboxylic acids is 1. The topological polar surface area (TPSA) is 59.8 Å². The Kier molecular flexibility index (Phi) is 4.06. The number of fused-ring (bicyclic) bond motifs is 1. The molecule has 6 heteroatoms. The molecule has 0 unspecified atom stereocenters. The van der Waals surface area contributed by atoms with Gasteiger partial charge in [-0.3, -0.25) is 9.48 Å². The first-order valence-corrected chi connectivity index (χ1v) is 7.36. The van der Waals surface area contributed by atoms with Crippen LogP contribution in [0.1, 0.15) is 17.7 Å². The Labute approximate surface area is 133 Å². The molecule has 0 fully saturated rings. The summed E-state index contributed by atoms with van der Waals surface area (Å²) >= 11 is 0. The van der Waals surface area contributed by atoms with Crippen molar-refractivity contribution in [2.45, 2.75) is 19.8 Å². The molecule has 0 saturated heterocycles. The minimum absolute atomic E-state index is 0.128. The van der Waals surface area contributed by atoms with Gasteiger partial charge in [0.1, 0.15) is 5.82 Å². The molecule has 2 aromatic heterocycles. The zero-order valence-electron chi connectivity index (χ0n) is 13.0. The van der Waals surface area contributed by atoms with Crippen molar-refractivity contribution in [3.63, 3.8) is 0 Å². The standard InChI is InChI=1S/C17H17FN4O/c1-11-15-9-14(10-19-17(15)22(2)21-11)20-16(23)7-6-12-4-3-5-13(18)8-12/h3-5,8-10H,6-7H2,1-2H3,(H,20,23). The number of pyridine rings is 1. The van der Waals surface area contributed by atoms with Gasteiger partial charge in [-0.15, -0.1) is 0 Å². The first kappa shape index (κ1) is 15.1. The number of aryl methyl sites for hydroxylation is 3. The zero-order valence-corrected chi connectivity index (χ0v) is 13.0. The van der Waals surface area contributed by atoms with Crippen LogP contribution in [-0.4, -0.2) is 20.7 Å². The lowest BCUT2D eigenvalue weighted by Gasteiger charge is -2.05. The van der Waals surface area contributed by atoms with Crippen molar-refractivity contribution >= 4 is 22.6 Å². The van der Waals surface area contributed by atoms with Gasteiger partial charge in [-0.1, -0.05) is 12.1 Å². The van der Waals surface area contributed by atoms with Crippen LogP contribution in [0.4, 0.5) is 10.1 Å². The minimum atomic E-state index is -0.287. The lowest BCUT2D eigenvalue weighted by atomic mass is 10.1. The van der Waals surface area contributed by atoms with Gasteiger partial charge in [0.2, 0.25) is 5.91 Å². The van der Waals surface area contributed by atoms with E-state index in [9.17, 15) is 9.18 Å². The van der Waals surface area contributed by atoms with Crippen molar-refractivity contribution < 1.29 is 9.18 Å². The van der Waals surface area contributed by atoms with E-state index >= 15 is 0 Å². The second-order valence-electron chi connectivity index (χ2n) is 5.48. The number of amides is 1. The van der Waals surface area contributed by atoms with Crippen molar-refractivity contribution in [2.75, 3.05) is 5.32 Å². The fourth-order valence-electron chi connectivity index (χ4n) is 2.55. The molecule has 118 valence electrons. The Morgan fingerprint density at radius 2 is 2.17 bits per heavy atom. The van der Waals surface area contributed by atoms with Gasteiger partial charge in [0.25, 0.3) is 0 Å². The first-order valence-electron chi connectivity index (χ1n) is 7.36. The highest BCUT2D eigenvalue weighted by atomic mass is 19.1. The average Bonchev–Trinajstić information content (AvgIpc) is 2.80. The van der Waals surface area contributed by atoms with Gasteiger partial charge in [0.05, 0.1) is 17.6 Å². The predicted molar refractivity (Wildman–Crippen MR) is 86.6 cm³/mol. The van der Waals surface area contributed by atoms with E-state index in [0.717, 1.165) is 22.3 Å². The molecule has 23 heavy (non-hydrogen) atoms. The van der Waals surface area contributed by atoms with Crippen LogP contribution in [0.3, 0.4) is 0 Å². The van der Waals surface area contributed by atoms with E-state index in [4.69, 9.17) is 0 Å². The van der Waals surface area contributed by atoms with Crippen LogP contribution in [0.5, 0.6) is 0 Å². The lowest BCUT2D eigenvalue weighted by molar-refractivity contribution is -0.116. The summed E-state index contributed by atoms with van der Waals surface area (Å²) in [5.41, 5.74) is 3.08. The van der Waals surface area contributed by atoms with Crippen LogP contribution in [0.15, 0.2) is 36.5 Å². The normalized spacial score (nSPS) is 10.9. The third-order valence-electron chi connectivity index (χ3n) is 3.68. The Morgan fingerprint density at radius 1 is 1.35 bits per heavy atom. The summed E-state index contributed by atoms with van der Waals surface area (Å²) in [7, 11) is 1.83. The molecule has 1 aromatic carbocycles. The molecule has 0 saturated carbocycles. The Balaban J connectivity index is 1.67. The molecule has 5 nitrogen and oxygen atoms in total. The molecule has 0 aliphatic heterocycles. The monoisotopic (exact) mass is 312 g/mol. The Bertz CT molecular complexity index is 872. The lowest BCUT2D eigenvalue weighted by Crippen LogP contribution is -2.12. The third kappa shape index (κ3) is 3.36. The zero-order chi connectivity index (χ0) is 16.4. The van der Waals surface area contributed by atoms with Crippen LogP contribution in [0.2, 0.25) is 0 Å². The summed E-state index contributed by atoms with van der Waals surface area (Å²) in [6, 6.07) is 8.15. The third-order valence-corrected chi connectivity index (χ3v) is 3.68. The molecule has 0 aliphatic carbocycles. The number of hydrogen-bond donors (Lipinski definition) is 1. The molecule has 1 N–H and O–H groups in total. The van der Waals surface area contributed by atoms with Gasteiger partial charge in [-0.25, -0.2) is 9.37 Å². The Morgan fingerprint density at radius 3 is 2.96 bits per heavy atom. The van der Waals surface area contributed by atoms with E-state index in [1.165, 1.54) is 12.1 Å². The maximum absolute atomic E-state index is 13.1. The molecule has 1 amide bonds. The molecule has 3 rings (SSSR count). The fourth-order valence-corrected chi connectivity index (χ4v) is 2.55. The molecule has 3 aromatic rings. The molecule has 0 atom stereocenters. The smallest absolute Gasteiger partial charge is 0.224 e. The van der Waals surface area contributed by atoms with E-state index < -0.39 is 0 Å². The number of carbonyl (C=O) groups is 1. The number of aromatic nitrogens is 3. The number of anilines is 1. The van der Waals surface area contributed by atoms with E-state index in [-0.39, 0.29) is 18.1 Å². The van der Waals surface area contributed by atoms with Crippen molar-refractivity contribution in [2.24, 2.45) is 7.05 Å². The molecule has 0 spiro atoms. The average molecular weight is 312 g/mol. The highest BCUT2D eigenvalue weighted by Crippen LogP contribution is 2.19. The van der Waals surface area contributed by atoms with E-state index in [1.54, 1.807) is 16.9 Å². The number of halogens is 1. The fraction of sp³-hybridized carbons (Fsp3) is 0.235.